The molecule has 4 rings (SSSR count). The number of carboxylic acid groups (broad SMARTS) is 1. The average Bonchev–Trinajstić information content (AvgIpc) is 3.04. The third-order valence-corrected chi connectivity index (χ3v) is 5.35. The van der Waals surface area contributed by atoms with Gasteiger partial charge in [-0.25, -0.2) is 4.39 Å². The summed E-state index contributed by atoms with van der Waals surface area (Å²) >= 11 is 3.37. The van der Waals surface area contributed by atoms with Crippen LogP contribution in [0, 0.1) is 11.7 Å². The predicted molar refractivity (Wildman–Crippen MR) is 91.2 cm³/mol. The van der Waals surface area contributed by atoms with E-state index in [0.29, 0.717) is 5.69 Å². The van der Waals surface area contributed by atoms with E-state index in [1.54, 1.807) is 12.1 Å². The molecule has 0 saturated heterocycles. The van der Waals surface area contributed by atoms with Gasteiger partial charge in [0.2, 0.25) is 0 Å². The second-order valence-electron chi connectivity index (χ2n) is 6.24. The molecule has 0 aromatic heterocycles. The van der Waals surface area contributed by atoms with E-state index >= 15 is 0 Å². The summed E-state index contributed by atoms with van der Waals surface area (Å²) in [5.41, 5.74) is 2.58. The van der Waals surface area contributed by atoms with E-state index in [1.165, 1.54) is 18.2 Å². The van der Waals surface area contributed by atoms with Gasteiger partial charge in [0.1, 0.15) is 5.82 Å². The number of fused-ring (bicyclic) bond motifs is 3. The summed E-state index contributed by atoms with van der Waals surface area (Å²) in [7, 11) is 0. The fourth-order valence-electron chi connectivity index (χ4n) is 3.78. The summed E-state index contributed by atoms with van der Waals surface area (Å²) in [4.78, 5) is 10.9. The Hall–Kier alpha value is -2.14. The van der Waals surface area contributed by atoms with Crippen molar-refractivity contribution in [3.05, 3.63) is 75.5 Å². The largest absolute Gasteiger partial charge is 0.545 e. The van der Waals surface area contributed by atoms with E-state index in [4.69, 9.17) is 0 Å². The molecule has 0 fully saturated rings. The van der Waals surface area contributed by atoms with Gasteiger partial charge in [0.15, 0.2) is 0 Å². The molecule has 2 aromatic carbocycles. The number of nitrogens with one attached hydrogen (secondary N) is 1. The third-order valence-electron chi connectivity index (χ3n) is 4.89. The summed E-state index contributed by atoms with van der Waals surface area (Å²) in [5.74, 6) is -1.05. The maximum atomic E-state index is 14.4. The molecule has 24 heavy (non-hydrogen) atoms. The van der Waals surface area contributed by atoms with Crippen molar-refractivity contribution in [1.82, 2.24) is 0 Å². The molecule has 0 unspecified atom stereocenters. The molecule has 1 aliphatic heterocycles. The van der Waals surface area contributed by atoms with Crippen molar-refractivity contribution in [1.29, 1.82) is 0 Å². The minimum Gasteiger partial charge on any atom is -0.545 e. The quantitative estimate of drug-likeness (QED) is 0.799. The van der Waals surface area contributed by atoms with Gasteiger partial charge in [0, 0.05) is 10.4 Å². The lowest BCUT2D eigenvalue weighted by atomic mass is 9.77. The molecule has 1 aliphatic carbocycles. The average molecular weight is 387 g/mol. The van der Waals surface area contributed by atoms with Crippen molar-refractivity contribution in [3.63, 3.8) is 0 Å². The van der Waals surface area contributed by atoms with Gasteiger partial charge in [0.25, 0.3) is 0 Å². The maximum absolute atomic E-state index is 14.4. The SMILES string of the molecule is O=C([O-])c1ccc([C@H]2Nc3c(F)cc(Br)cc3[C@H]3C=CC[C@@H]32)cc1. The number of anilines is 1. The second-order valence-corrected chi connectivity index (χ2v) is 7.15. The van der Waals surface area contributed by atoms with E-state index in [1.807, 2.05) is 6.07 Å². The third kappa shape index (κ3) is 2.44. The van der Waals surface area contributed by atoms with E-state index < -0.39 is 5.97 Å². The lowest BCUT2D eigenvalue weighted by Gasteiger charge is -2.37. The molecule has 0 saturated carbocycles. The summed E-state index contributed by atoms with van der Waals surface area (Å²) in [6.07, 6.45) is 5.17. The molecule has 3 atom stereocenters. The normalized spacial score (nSPS) is 24.2. The molecule has 0 amide bonds. The van der Waals surface area contributed by atoms with Crippen molar-refractivity contribution < 1.29 is 14.3 Å². The summed E-state index contributed by atoms with van der Waals surface area (Å²) in [6.45, 7) is 0. The standard InChI is InChI=1S/C19H15BrFNO2/c20-12-8-15-13-2-1-3-14(13)17(22-18(15)16(21)9-12)10-4-6-11(7-5-10)19(23)24/h1-2,4-9,13-14,17,22H,3H2,(H,23,24)/p-1/t13-,14-,17+/m0/s1. The maximum Gasteiger partial charge on any atom is 0.147 e. The first-order valence-corrected chi connectivity index (χ1v) is 8.57. The van der Waals surface area contributed by atoms with Gasteiger partial charge in [-0.3, -0.25) is 0 Å². The van der Waals surface area contributed by atoms with Crippen LogP contribution in [0.5, 0.6) is 0 Å². The molecule has 1 N–H and O–H groups in total. The van der Waals surface area contributed by atoms with Crippen LogP contribution in [0.3, 0.4) is 0 Å². The van der Waals surface area contributed by atoms with Gasteiger partial charge in [-0.2, -0.15) is 0 Å². The Bertz CT molecular complexity index is 847. The van der Waals surface area contributed by atoms with Gasteiger partial charge in [-0.05, 0) is 41.2 Å². The number of aromatic carboxylic acids is 1. The van der Waals surface area contributed by atoms with Gasteiger partial charge in [-0.15, -0.1) is 0 Å². The Morgan fingerprint density at radius 3 is 2.71 bits per heavy atom. The first kappa shape index (κ1) is 15.4. The number of halogens is 2. The molecule has 3 nitrogen and oxygen atoms in total. The molecular weight excluding hydrogens is 373 g/mol. The molecule has 122 valence electrons. The van der Waals surface area contributed by atoms with Crippen LogP contribution in [0.1, 0.15) is 39.9 Å². The van der Waals surface area contributed by atoms with Crippen LogP contribution in [-0.2, 0) is 0 Å². The van der Waals surface area contributed by atoms with Crippen molar-refractivity contribution in [2.45, 2.75) is 18.4 Å². The summed E-state index contributed by atoms with van der Waals surface area (Å²) < 4.78 is 15.2. The minimum atomic E-state index is -1.19. The highest BCUT2D eigenvalue weighted by atomic mass is 79.9. The predicted octanol–water partition coefficient (Wildman–Crippen LogP) is 3.78. The van der Waals surface area contributed by atoms with Crippen LogP contribution in [0.15, 0.2) is 53.0 Å². The zero-order valence-corrected chi connectivity index (χ0v) is 14.2. The van der Waals surface area contributed by atoms with E-state index in [2.05, 4.69) is 33.4 Å². The Balaban J connectivity index is 1.76. The number of benzene rings is 2. The molecule has 2 aliphatic rings. The number of carbonyl (C=O) groups excluding carboxylic acids is 1. The molecule has 1 heterocycles. The van der Waals surface area contributed by atoms with Gasteiger partial charge >= 0.3 is 0 Å². The first-order valence-electron chi connectivity index (χ1n) is 7.78. The summed E-state index contributed by atoms with van der Waals surface area (Å²) in [5, 5.41) is 14.3. The smallest absolute Gasteiger partial charge is 0.147 e. The Kier molecular flexibility index (Phi) is 3.68. The highest BCUT2D eigenvalue weighted by Gasteiger charge is 2.39. The lowest BCUT2D eigenvalue weighted by Crippen LogP contribution is -2.30. The fraction of sp³-hybridized carbons (Fsp3) is 0.211. The van der Waals surface area contributed by atoms with Crippen LogP contribution >= 0.6 is 15.9 Å². The zero-order chi connectivity index (χ0) is 16.8. The Labute approximate surface area is 147 Å². The van der Waals surface area contributed by atoms with Gasteiger partial charge in [-0.1, -0.05) is 52.3 Å². The molecular formula is C19H14BrFNO2-. The van der Waals surface area contributed by atoms with E-state index in [-0.39, 0.29) is 29.3 Å². The highest BCUT2D eigenvalue weighted by molar-refractivity contribution is 9.10. The highest BCUT2D eigenvalue weighted by Crippen LogP contribution is 2.51. The van der Waals surface area contributed by atoms with Crippen LogP contribution in [0.2, 0.25) is 0 Å². The van der Waals surface area contributed by atoms with Crippen molar-refractivity contribution in [3.8, 4) is 0 Å². The van der Waals surface area contributed by atoms with Crippen molar-refractivity contribution >= 4 is 27.6 Å². The number of carbonyl (C=O) groups is 1. The van der Waals surface area contributed by atoms with Crippen molar-refractivity contribution in [2.75, 3.05) is 5.32 Å². The van der Waals surface area contributed by atoms with Crippen LogP contribution < -0.4 is 10.4 Å². The number of rotatable bonds is 2. The fourth-order valence-corrected chi connectivity index (χ4v) is 4.23. The number of allylic oxidation sites excluding steroid dienone is 2. The lowest BCUT2D eigenvalue weighted by molar-refractivity contribution is -0.255. The minimum absolute atomic E-state index is 0.0658. The first-order chi connectivity index (χ1) is 11.5. The molecule has 0 radical (unpaired) electrons. The van der Waals surface area contributed by atoms with E-state index in [9.17, 15) is 14.3 Å². The summed E-state index contributed by atoms with van der Waals surface area (Å²) in [6, 6.07) is 9.99. The topological polar surface area (TPSA) is 52.2 Å². The monoisotopic (exact) mass is 386 g/mol. The second kappa shape index (κ2) is 5.74. The number of hydrogen-bond acceptors (Lipinski definition) is 3. The number of hydrogen-bond donors (Lipinski definition) is 1. The van der Waals surface area contributed by atoms with Gasteiger partial charge in [0.05, 0.1) is 17.7 Å². The molecule has 2 aromatic rings. The molecule has 5 heteroatoms. The number of carboxylic acids is 1. The van der Waals surface area contributed by atoms with E-state index in [0.717, 1.165) is 22.0 Å². The van der Waals surface area contributed by atoms with Crippen LogP contribution in [-0.4, -0.2) is 5.97 Å². The van der Waals surface area contributed by atoms with Crippen molar-refractivity contribution in [2.24, 2.45) is 5.92 Å². The zero-order valence-electron chi connectivity index (χ0n) is 12.6. The molecule has 0 spiro atoms. The Morgan fingerprint density at radius 1 is 1.25 bits per heavy atom. The van der Waals surface area contributed by atoms with Gasteiger partial charge < -0.3 is 15.2 Å². The van der Waals surface area contributed by atoms with Crippen LogP contribution in [0.4, 0.5) is 10.1 Å². The molecule has 0 bridgehead atoms. The Morgan fingerprint density at radius 2 is 2.00 bits per heavy atom. The van der Waals surface area contributed by atoms with Crippen LogP contribution in [0.25, 0.3) is 0 Å².